The smallest absolute Gasteiger partial charge is 0.253 e. The summed E-state index contributed by atoms with van der Waals surface area (Å²) >= 11 is 5.54. The third-order valence-electron chi connectivity index (χ3n) is 2.17. The van der Waals surface area contributed by atoms with Crippen molar-refractivity contribution < 1.29 is 4.79 Å². The Bertz CT molecular complexity index is 368. The minimum Gasteiger partial charge on any atom is -0.352 e. The van der Waals surface area contributed by atoms with Crippen molar-refractivity contribution in [3.05, 3.63) is 23.0 Å². The Hall–Kier alpha value is -1.16. The molecule has 5 heteroatoms. The number of carbonyl (C=O) groups excluding carboxylic acids is 1. The molecule has 1 rings (SSSR count). The molecule has 0 aromatic carbocycles. The Labute approximate surface area is 100 Å². The van der Waals surface area contributed by atoms with Crippen molar-refractivity contribution in [3.8, 4) is 0 Å². The van der Waals surface area contributed by atoms with Gasteiger partial charge in [-0.1, -0.05) is 6.92 Å². The normalized spacial score (nSPS) is 10.2. The Kier molecular flexibility index (Phi) is 5.19. The molecular weight excluding hydrogens is 226 g/mol. The first-order valence-corrected chi connectivity index (χ1v) is 5.89. The molecule has 0 unspecified atom stereocenters. The lowest BCUT2D eigenvalue weighted by atomic mass is 10.1. The minimum absolute atomic E-state index is 0.0973. The van der Waals surface area contributed by atoms with Crippen LogP contribution in [0.1, 0.15) is 35.1 Å². The van der Waals surface area contributed by atoms with E-state index >= 15 is 0 Å². The maximum Gasteiger partial charge on any atom is 0.253 e. The second-order valence-corrected chi connectivity index (χ2v) is 3.88. The van der Waals surface area contributed by atoms with Crippen LogP contribution in [0.5, 0.6) is 0 Å². The summed E-state index contributed by atoms with van der Waals surface area (Å²) in [5.74, 6) is 0.453. The molecular formula is C11H16ClN3O. The van der Waals surface area contributed by atoms with Crippen LogP contribution in [0.15, 0.2) is 6.07 Å². The van der Waals surface area contributed by atoms with E-state index in [1.807, 2.05) is 13.8 Å². The molecule has 0 fully saturated rings. The van der Waals surface area contributed by atoms with Crippen LogP contribution in [-0.2, 0) is 6.42 Å². The van der Waals surface area contributed by atoms with Gasteiger partial charge in [-0.2, -0.15) is 10.2 Å². The number of aryl methyl sites for hydroxylation is 2. The van der Waals surface area contributed by atoms with Crippen LogP contribution < -0.4 is 5.32 Å². The van der Waals surface area contributed by atoms with Gasteiger partial charge in [0, 0.05) is 12.4 Å². The fourth-order valence-corrected chi connectivity index (χ4v) is 1.47. The summed E-state index contributed by atoms with van der Waals surface area (Å²) in [5, 5.41) is 10.8. The SMILES string of the molecule is CCc1nnc(C)cc1C(=O)NCCCCl. The van der Waals surface area contributed by atoms with Crippen LogP contribution in [0, 0.1) is 6.92 Å². The monoisotopic (exact) mass is 241 g/mol. The molecule has 0 aliphatic rings. The number of halogens is 1. The van der Waals surface area contributed by atoms with Crippen molar-refractivity contribution in [2.75, 3.05) is 12.4 Å². The van der Waals surface area contributed by atoms with Crippen LogP contribution in [0.2, 0.25) is 0 Å². The second kappa shape index (κ2) is 6.43. The maximum absolute atomic E-state index is 11.8. The van der Waals surface area contributed by atoms with Crippen LogP contribution in [0.3, 0.4) is 0 Å². The van der Waals surface area contributed by atoms with Gasteiger partial charge in [0.1, 0.15) is 0 Å². The number of hydrogen-bond acceptors (Lipinski definition) is 3. The van der Waals surface area contributed by atoms with Crippen molar-refractivity contribution in [1.82, 2.24) is 15.5 Å². The van der Waals surface area contributed by atoms with E-state index in [1.165, 1.54) is 0 Å². The number of alkyl halides is 1. The first-order chi connectivity index (χ1) is 7.69. The summed E-state index contributed by atoms with van der Waals surface area (Å²) in [6, 6.07) is 1.77. The fraction of sp³-hybridized carbons (Fsp3) is 0.545. The van der Waals surface area contributed by atoms with Crippen molar-refractivity contribution in [2.24, 2.45) is 0 Å². The Morgan fingerprint density at radius 2 is 2.25 bits per heavy atom. The third kappa shape index (κ3) is 3.45. The van der Waals surface area contributed by atoms with Crippen LogP contribution in [0.25, 0.3) is 0 Å². The molecule has 1 amide bonds. The second-order valence-electron chi connectivity index (χ2n) is 3.50. The predicted octanol–water partition coefficient (Wildman–Crippen LogP) is 1.71. The number of amides is 1. The van der Waals surface area contributed by atoms with Gasteiger partial charge in [0.2, 0.25) is 0 Å². The zero-order valence-corrected chi connectivity index (χ0v) is 10.3. The number of nitrogens with one attached hydrogen (secondary N) is 1. The van der Waals surface area contributed by atoms with Gasteiger partial charge in [-0.25, -0.2) is 0 Å². The highest BCUT2D eigenvalue weighted by atomic mass is 35.5. The van der Waals surface area contributed by atoms with Gasteiger partial charge in [0.05, 0.1) is 17.0 Å². The van der Waals surface area contributed by atoms with E-state index in [-0.39, 0.29) is 5.91 Å². The quantitative estimate of drug-likeness (QED) is 0.631. The summed E-state index contributed by atoms with van der Waals surface area (Å²) in [6.07, 6.45) is 1.47. The van der Waals surface area contributed by atoms with E-state index in [4.69, 9.17) is 11.6 Å². The number of nitrogens with zero attached hydrogens (tertiary/aromatic N) is 2. The molecule has 0 aliphatic carbocycles. The van der Waals surface area contributed by atoms with E-state index in [2.05, 4.69) is 15.5 Å². The first-order valence-electron chi connectivity index (χ1n) is 5.36. The molecule has 1 heterocycles. The van der Waals surface area contributed by atoms with E-state index < -0.39 is 0 Å². The van der Waals surface area contributed by atoms with Gasteiger partial charge >= 0.3 is 0 Å². The number of aromatic nitrogens is 2. The van der Waals surface area contributed by atoms with Crippen molar-refractivity contribution in [2.45, 2.75) is 26.7 Å². The van der Waals surface area contributed by atoms with Crippen LogP contribution in [-0.4, -0.2) is 28.5 Å². The maximum atomic E-state index is 11.8. The standard InChI is InChI=1S/C11H16ClN3O/c1-3-10-9(7-8(2)14-15-10)11(16)13-6-4-5-12/h7H,3-6H2,1-2H3,(H,13,16). The first kappa shape index (κ1) is 12.9. The Morgan fingerprint density at radius 3 is 2.88 bits per heavy atom. The van der Waals surface area contributed by atoms with Gasteiger partial charge in [-0.15, -0.1) is 11.6 Å². The van der Waals surface area contributed by atoms with E-state index in [1.54, 1.807) is 6.07 Å². The largest absolute Gasteiger partial charge is 0.352 e. The fourth-order valence-electron chi connectivity index (χ4n) is 1.34. The Balaban J connectivity index is 2.76. The van der Waals surface area contributed by atoms with Gasteiger partial charge in [-0.05, 0) is 25.8 Å². The summed E-state index contributed by atoms with van der Waals surface area (Å²) < 4.78 is 0. The highest BCUT2D eigenvalue weighted by Gasteiger charge is 2.11. The molecule has 1 aromatic heterocycles. The molecule has 4 nitrogen and oxygen atoms in total. The van der Waals surface area contributed by atoms with E-state index in [0.29, 0.717) is 24.4 Å². The van der Waals surface area contributed by atoms with Crippen LogP contribution in [0.4, 0.5) is 0 Å². The molecule has 1 aromatic rings. The molecule has 0 bridgehead atoms. The number of hydrogen-bond donors (Lipinski definition) is 1. The van der Waals surface area contributed by atoms with Gasteiger partial charge < -0.3 is 5.32 Å². The molecule has 0 spiro atoms. The molecule has 0 saturated carbocycles. The van der Waals surface area contributed by atoms with Crippen molar-refractivity contribution >= 4 is 17.5 Å². The Morgan fingerprint density at radius 1 is 1.50 bits per heavy atom. The summed E-state index contributed by atoms with van der Waals surface area (Å²) in [4.78, 5) is 11.8. The van der Waals surface area contributed by atoms with Crippen molar-refractivity contribution in [3.63, 3.8) is 0 Å². The van der Waals surface area contributed by atoms with E-state index in [9.17, 15) is 4.79 Å². The molecule has 0 radical (unpaired) electrons. The van der Waals surface area contributed by atoms with Gasteiger partial charge in [0.25, 0.3) is 5.91 Å². The van der Waals surface area contributed by atoms with Gasteiger partial charge in [0.15, 0.2) is 0 Å². The minimum atomic E-state index is -0.0973. The lowest BCUT2D eigenvalue weighted by molar-refractivity contribution is 0.0952. The van der Waals surface area contributed by atoms with E-state index in [0.717, 1.165) is 17.8 Å². The van der Waals surface area contributed by atoms with Crippen molar-refractivity contribution in [1.29, 1.82) is 0 Å². The predicted molar refractivity (Wildman–Crippen MR) is 63.8 cm³/mol. The lowest BCUT2D eigenvalue weighted by Gasteiger charge is -2.07. The number of carbonyl (C=O) groups is 1. The topological polar surface area (TPSA) is 54.9 Å². The molecule has 0 saturated heterocycles. The molecule has 16 heavy (non-hydrogen) atoms. The van der Waals surface area contributed by atoms with Gasteiger partial charge in [-0.3, -0.25) is 4.79 Å². The molecule has 0 aliphatic heterocycles. The zero-order chi connectivity index (χ0) is 12.0. The summed E-state index contributed by atoms with van der Waals surface area (Å²) in [5.41, 5.74) is 2.10. The highest BCUT2D eigenvalue weighted by molar-refractivity contribution is 6.17. The number of rotatable bonds is 5. The average molecular weight is 242 g/mol. The summed E-state index contributed by atoms with van der Waals surface area (Å²) in [7, 11) is 0. The van der Waals surface area contributed by atoms with Crippen LogP contribution >= 0.6 is 11.6 Å². The lowest BCUT2D eigenvalue weighted by Crippen LogP contribution is -2.26. The molecule has 1 N–H and O–H groups in total. The highest BCUT2D eigenvalue weighted by Crippen LogP contribution is 2.07. The molecule has 88 valence electrons. The molecule has 0 atom stereocenters. The summed E-state index contributed by atoms with van der Waals surface area (Å²) in [6.45, 7) is 4.36. The third-order valence-corrected chi connectivity index (χ3v) is 2.44. The zero-order valence-electron chi connectivity index (χ0n) is 9.59. The average Bonchev–Trinajstić information content (AvgIpc) is 2.29.